The number of ether oxygens (including phenoxy) is 1. The van der Waals surface area contributed by atoms with Gasteiger partial charge in [-0.1, -0.05) is 12.1 Å². The number of benzene rings is 1. The number of likely N-dealkylation sites (tertiary alicyclic amines) is 1. The van der Waals surface area contributed by atoms with Crippen LogP contribution < -0.4 is 10.5 Å². The normalized spacial score (nSPS) is 20.7. The molecule has 2 aromatic rings. The van der Waals surface area contributed by atoms with Gasteiger partial charge in [-0.3, -0.25) is 4.79 Å². The standard InChI is InChI=1S/C18H22N2O3/c1-12-9-14(13-3-5-15(22-2)6-4-13)11-20(12)18(21)17-8-7-16(10-19)23-17/h3-8,12,14H,9-11,19H2,1-2H3/t12-,14+/m1/s1. The van der Waals surface area contributed by atoms with Crippen LogP contribution in [0.3, 0.4) is 0 Å². The first-order valence-corrected chi connectivity index (χ1v) is 7.86. The van der Waals surface area contributed by atoms with Crippen molar-refractivity contribution in [1.82, 2.24) is 4.90 Å². The lowest BCUT2D eigenvalue weighted by Gasteiger charge is -2.20. The molecule has 1 aromatic carbocycles. The van der Waals surface area contributed by atoms with E-state index in [9.17, 15) is 4.79 Å². The summed E-state index contributed by atoms with van der Waals surface area (Å²) in [5.74, 6) is 2.12. The molecule has 5 nitrogen and oxygen atoms in total. The minimum atomic E-state index is -0.0618. The average Bonchev–Trinajstić information content (AvgIpc) is 3.21. The third kappa shape index (κ3) is 3.10. The Morgan fingerprint density at radius 1 is 1.30 bits per heavy atom. The van der Waals surface area contributed by atoms with Gasteiger partial charge in [-0.2, -0.15) is 0 Å². The van der Waals surface area contributed by atoms with E-state index in [-0.39, 0.29) is 11.9 Å². The van der Waals surface area contributed by atoms with Crippen molar-refractivity contribution in [2.45, 2.75) is 31.8 Å². The highest BCUT2D eigenvalue weighted by Crippen LogP contribution is 2.33. The molecule has 23 heavy (non-hydrogen) atoms. The Labute approximate surface area is 136 Å². The molecule has 0 unspecified atom stereocenters. The van der Waals surface area contributed by atoms with Crippen LogP contribution in [-0.2, 0) is 6.54 Å². The molecule has 5 heteroatoms. The molecule has 1 saturated heterocycles. The number of hydrogen-bond donors (Lipinski definition) is 1. The van der Waals surface area contributed by atoms with E-state index in [1.54, 1.807) is 19.2 Å². The zero-order valence-electron chi connectivity index (χ0n) is 13.5. The number of amides is 1. The lowest BCUT2D eigenvalue weighted by atomic mass is 9.97. The first kappa shape index (κ1) is 15.6. The monoisotopic (exact) mass is 314 g/mol. The average molecular weight is 314 g/mol. The van der Waals surface area contributed by atoms with E-state index < -0.39 is 0 Å². The van der Waals surface area contributed by atoms with Crippen molar-refractivity contribution in [1.29, 1.82) is 0 Å². The van der Waals surface area contributed by atoms with E-state index in [0.717, 1.165) is 12.2 Å². The van der Waals surface area contributed by atoms with E-state index >= 15 is 0 Å². The summed E-state index contributed by atoms with van der Waals surface area (Å²) in [6.45, 7) is 3.08. The Hall–Kier alpha value is -2.27. The third-order valence-electron chi connectivity index (χ3n) is 4.50. The van der Waals surface area contributed by atoms with Gasteiger partial charge in [-0.05, 0) is 43.2 Å². The minimum absolute atomic E-state index is 0.0618. The minimum Gasteiger partial charge on any atom is -0.497 e. The van der Waals surface area contributed by atoms with Crippen molar-refractivity contribution in [3.63, 3.8) is 0 Å². The molecule has 0 saturated carbocycles. The summed E-state index contributed by atoms with van der Waals surface area (Å²) < 4.78 is 10.7. The summed E-state index contributed by atoms with van der Waals surface area (Å²) in [7, 11) is 1.66. The Kier molecular flexibility index (Phi) is 4.39. The van der Waals surface area contributed by atoms with Crippen LogP contribution in [0.4, 0.5) is 0 Å². The predicted octanol–water partition coefficient (Wildman–Crippen LogP) is 2.77. The van der Waals surface area contributed by atoms with Crippen LogP contribution in [0, 0.1) is 0 Å². The highest BCUT2D eigenvalue weighted by atomic mass is 16.5. The second-order valence-electron chi connectivity index (χ2n) is 5.98. The molecule has 3 rings (SSSR count). The Bertz CT molecular complexity index is 678. The molecule has 0 spiro atoms. The summed E-state index contributed by atoms with van der Waals surface area (Å²) in [6.07, 6.45) is 0.947. The molecule has 2 heterocycles. The molecular formula is C18H22N2O3. The van der Waals surface area contributed by atoms with Gasteiger partial charge < -0.3 is 19.8 Å². The van der Waals surface area contributed by atoms with E-state index in [1.165, 1.54) is 5.56 Å². The first-order chi connectivity index (χ1) is 11.1. The maximum Gasteiger partial charge on any atom is 0.289 e. The molecule has 122 valence electrons. The largest absolute Gasteiger partial charge is 0.497 e. The number of rotatable bonds is 4. The number of carbonyl (C=O) groups excluding carboxylic acids is 1. The summed E-state index contributed by atoms with van der Waals surface area (Å²) in [6, 6.07) is 11.7. The van der Waals surface area contributed by atoms with Crippen LogP contribution in [0.1, 0.15) is 41.1 Å². The zero-order chi connectivity index (χ0) is 16.4. The molecule has 0 radical (unpaired) electrons. The SMILES string of the molecule is COc1ccc([C@H]2C[C@@H](C)N(C(=O)c3ccc(CN)o3)C2)cc1. The van der Waals surface area contributed by atoms with Gasteiger partial charge in [0.1, 0.15) is 11.5 Å². The van der Waals surface area contributed by atoms with Crippen molar-refractivity contribution >= 4 is 5.91 Å². The highest BCUT2D eigenvalue weighted by molar-refractivity contribution is 5.92. The number of nitrogens with two attached hydrogens (primary N) is 1. The number of carbonyl (C=O) groups is 1. The maximum atomic E-state index is 12.6. The smallest absolute Gasteiger partial charge is 0.289 e. The number of hydrogen-bond acceptors (Lipinski definition) is 4. The molecule has 1 fully saturated rings. The first-order valence-electron chi connectivity index (χ1n) is 7.86. The predicted molar refractivity (Wildman–Crippen MR) is 87.4 cm³/mol. The fraction of sp³-hybridized carbons (Fsp3) is 0.389. The highest BCUT2D eigenvalue weighted by Gasteiger charge is 2.34. The summed E-state index contributed by atoms with van der Waals surface area (Å²) in [4.78, 5) is 14.5. The van der Waals surface area contributed by atoms with Crippen LogP contribution in [0.15, 0.2) is 40.8 Å². The quantitative estimate of drug-likeness (QED) is 0.942. The van der Waals surface area contributed by atoms with Gasteiger partial charge in [-0.25, -0.2) is 0 Å². The van der Waals surface area contributed by atoms with Gasteiger partial charge in [0.05, 0.1) is 13.7 Å². The van der Waals surface area contributed by atoms with Crippen molar-refractivity contribution in [2.24, 2.45) is 5.73 Å². The Morgan fingerprint density at radius 2 is 2.04 bits per heavy atom. The van der Waals surface area contributed by atoms with Gasteiger partial charge in [-0.15, -0.1) is 0 Å². The van der Waals surface area contributed by atoms with Gasteiger partial charge in [0, 0.05) is 18.5 Å². The van der Waals surface area contributed by atoms with Gasteiger partial charge in [0.25, 0.3) is 5.91 Å². The molecule has 2 N–H and O–H groups in total. The molecule has 1 aliphatic heterocycles. The Balaban J connectivity index is 1.73. The van der Waals surface area contributed by atoms with Crippen LogP contribution in [0.5, 0.6) is 5.75 Å². The molecule has 0 bridgehead atoms. The zero-order valence-corrected chi connectivity index (χ0v) is 13.5. The van der Waals surface area contributed by atoms with E-state index in [4.69, 9.17) is 14.9 Å². The fourth-order valence-electron chi connectivity index (χ4n) is 3.18. The fourth-order valence-corrected chi connectivity index (χ4v) is 3.18. The molecule has 2 atom stereocenters. The summed E-state index contributed by atoms with van der Waals surface area (Å²) in [5.41, 5.74) is 6.77. The van der Waals surface area contributed by atoms with Crippen molar-refractivity contribution in [2.75, 3.05) is 13.7 Å². The van der Waals surface area contributed by atoms with Crippen LogP contribution in [0.2, 0.25) is 0 Å². The van der Waals surface area contributed by atoms with Crippen molar-refractivity contribution < 1.29 is 13.9 Å². The van der Waals surface area contributed by atoms with Crippen LogP contribution in [0.25, 0.3) is 0 Å². The molecular weight excluding hydrogens is 292 g/mol. The van der Waals surface area contributed by atoms with Gasteiger partial charge in [0.15, 0.2) is 5.76 Å². The summed E-state index contributed by atoms with van der Waals surface area (Å²) >= 11 is 0. The maximum absolute atomic E-state index is 12.6. The number of furan rings is 1. The van der Waals surface area contributed by atoms with E-state index in [2.05, 4.69) is 19.1 Å². The molecule has 1 aliphatic rings. The second-order valence-corrected chi connectivity index (χ2v) is 5.98. The van der Waals surface area contributed by atoms with Gasteiger partial charge in [0.2, 0.25) is 0 Å². The van der Waals surface area contributed by atoms with Crippen molar-refractivity contribution in [3.05, 3.63) is 53.5 Å². The topological polar surface area (TPSA) is 68.7 Å². The van der Waals surface area contributed by atoms with E-state index in [0.29, 0.717) is 30.5 Å². The number of nitrogens with zero attached hydrogens (tertiary/aromatic N) is 1. The molecule has 1 amide bonds. The second kappa shape index (κ2) is 6.46. The van der Waals surface area contributed by atoms with Crippen molar-refractivity contribution in [3.8, 4) is 5.75 Å². The van der Waals surface area contributed by atoms with E-state index in [1.807, 2.05) is 17.0 Å². The number of methoxy groups -OCH3 is 1. The lowest BCUT2D eigenvalue weighted by molar-refractivity contribution is 0.0711. The molecule has 1 aromatic heterocycles. The van der Waals surface area contributed by atoms with Gasteiger partial charge >= 0.3 is 0 Å². The van der Waals surface area contributed by atoms with Crippen LogP contribution >= 0.6 is 0 Å². The Morgan fingerprint density at radius 3 is 2.65 bits per heavy atom. The lowest BCUT2D eigenvalue weighted by Crippen LogP contribution is -2.33. The summed E-state index contributed by atoms with van der Waals surface area (Å²) in [5, 5.41) is 0. The van der Waals surface area contributed by atoms with Crippen LogP contribution in [-0.4, -0.2) is 30.5 Å². The molecule has 0 aliphatic carbocycles. The third-order valence-corrected chi connectivity index (χ3v) is 4.50.